The van der Waals surface area contributed by atoms with E-state index in [4.69, 9.17) is 0 Å². The Morgan fingerprint density at radius 1 is 0.922 bits per heavy atom. The largest absolute Gasteiger partial charge is 0.391 e. The molecule has 2 N–H and O–H groups in total. The lowest BCUT2D eigenvalue weighted by atomic mass is 9.82. The third-order valence-corrected chi connectivity index (χ3v) is 11.3. The minimum absolute atomic E-state index is 0.0156. The summed E-state index contributed by atoms with van der Waals surface area (Å²) in [6.45, 7) is 11.3. The van der Waals surface area contributed by atoms with Crippen molar-refractivity contribution in [3.63, 3.8) is 0 Å². The molecule has 4 nitrogen and oxygen atoms in total. The van der Waals surface area contributed by atoms with E-state index in [0.29, 0.717) is 17.8 Å². The maximum atomic E-state index is 4.32. The summed E-state index contributed by atoms with van der Waals surface area (Å²) in [4.78, 5) is 2.51. The summed E-state index contributed by atoms with van der Waals surface area (Å²) in [6, 6.07) is 26.8. The Hall–Kier alpha value is -5.48. The van der Waals surface area contributed by atoms with E-state index in [1.165, 1.54) is 72.4 Å². The molecule has 3 unspecified atom stereocenters. The summed E-state index contributed by atoms with van der Waals surface area (Å²) in [6.07, 6.45) is 25.2. The van der Waals surface area contributed by atoms with Crippen LogP contribution in [0.15, 0.2) is 174 Å². The van der Waals surface area contributed by atoms with Crippen molar-refractivity contribution in [3.05, 3.63) is 180 Å². The molecule has 4 aliphatic rings. The third-order valence-electron chi connectivity index (χ3n) is 11.3. The van der Waals surface area contributed by atoms with E-state index in [2.05, 4.69) is 181 Å². The average Bonchev–Trinajstić information content (AvgIpc) is 3.62. The van der Waals surface area contributed by atoms with E-state index in [1.54, 1.807) is 0 Å². The van der Waals surface area contributed by atoms with E-state index in [1.807, 2.05) is 7.05 Å². The van der Waals surface area contributed by atoms with Crippen molar-refractivity contribution in [1.82, 2.24) is 9.99 Å². The van der Waals surface area contributed by atoms with Crippen molar-refractivity contribution in [3.8, 4) is 0 Å². The fraction of sp³-hybridized carbons (Fsp3) is 0.234. The normalized spacial score (nSPS) is 23.9. The molecule has 0 saturated heterocycles. The molecule has 0 bridgehead atoms. The summed E-state index contributed by atoms with van der Waals surface area (Å²) in [5.41, 5.74) is 18.2. The second-order valence-electron chi connectivity index (χ2n) is 14.2. The zero-order valence-corrected chi connectivity index (χ0v) is 30.2. The highest BCUT2D eigenvalue weighted by Gasteiger charge is 2.39. The third kappa shape index (κ3) is 5.63. The molecule has 4 aromatic rings. The van der Waals surface area contributed by atoms with Gasteiger partial charge in [-0.25, -0.2) is 0 Å². The van der Waals surface area contributed by atoms with Crippen molar-refractivity contribution >= 4 is 33.1 Å². The van der Waals surface area contributed by atoms with Gasteiger partial charge in [0.05, 0.1) is 17.1 Å². The predicted octanol–water partition coefficient (Wildman–Crippen LogP) is 11.1. The fourth-order valence-electron chi connectivity index (χ4n) is 8.95. The van der Waals surface area contributed by atoms with Crippen LogP contribution >= 0.6 is 0 Å². The van der Waals surface area contributed by atoms with Gasteiger partial charge in [0.15, 0.2) is 0 Å². The molecule has 0 amide bonds. The first-order valence-electron chi connectivity index (χ1n) is 18.5. The summed E-state index contributed by atoms with van der Waals surface area (Å²) in [5.74, 6) is 1.05. The van der Waals surface area contributed by atoms with Crippen molar-refractivity contribution in [2.45, 2.75) is 46.1 Å². The van der Waals surface area contributed by atoms with Gasteiger partial charge in [0.1, 0.15) is 0 Å². The molecule has 256 valence electrons. The molecule has 0 saturated carbocycles. The van der Waals surface area contributed by atoms with Crippen LogP contribution in [0, 0.1) is 17.8 Å². The van der Waals surface area contributed by atoms with E-state index in [-0.39, 0.29) is 6.04 Å². The molecule has 0 spiro atoms. The quantitative estimate of drug-likeness (QED) is 0.196. The van der Waals surface area contributed by atoms with Gasteiger partial charge >= 0.3 is 0 Å². The minimum Gasteiger partial charge on any atom is -0.391 e. The first-order valence-corrected chi connectivity index (χ1v) is 18.5. The molecule has 1 aliphatic heterocycles. The molecule has 1 aromatic heterocycles. The summed E-state index contributed by atoms with van der Waals surface area (Å²) >= 11 is 0. The fourth-order valence-corrected chi connectivity index (χ4v) is 8.95. The molecule has 3 aromatic carbocycles. The number of hydrogen-bond acceptors (Lipinski definition) is 3. The zero-order chi connectivity index (χ0) is 35.1. The number of nitrogens with one attached hydrogen (secondary N) is 2. The molecular weight excluding hydrogens is 621 g/mol. The van der Waals surface area contributed by atoms with E-state index in [9.17, 15) is 0 Å². The zero-order valence-electron chi connectivity index (χ0n) is 30.2. The Labute approximate surface area is 302 Å². The van der Waals surface area contributed by atoms with Crippen LogP contribution in [0.25, 0.3) is 27.4 Å². The van der Waals surface area contributed by atoms with Gasteiger partial charge in [-0.2, -0.15) is 0 Å². The number of fused-ring (bicyclic) bond motifs is 4. The standard InChI is InChI=1S/C47H48N4/c1-6-36-42(7-2)50(35-20-12-9-13-21-35)45-29-31(3)39(28-32(4)46(36)45)34-26-27-44-40(30-34)37-22-15-17-25-43(37)51(44)49-41-24-16-14-23-38(41)47(48-5)33-18-10-8-11-19-33/h6,8-18,20-27,29-30,32-33,41,46,48-49H,1,7,19,28H2,2-5H3/b47-38-/t32?,33?,41-,46?/m0/s1. The molecule has 0 radical (unpaired) electrons. The van der Waals surface area contributed by atoms with Crippen LogP contribution in [0.4, 0.5) is 5.69 Å². The van der Waals surface area contributed by atoms with Gasteiger partial charge < -0.3 is 15.6 Å². The average molecular weight is 669 g/mol. The van der Waals surface area contributed by atoms with Crippen molar-refractivity contribution in [1.29, 1.82) is 0 Å². The minimum atomic E-state index is 0.0156. The van der Waals surface area contributed by atoms with Crippen molar-refractivity contribution in [2.24, 2.45) is 17.8 Å². The topological polar surface area (TPSA) is 32.2 Å². The number of benzene rings is 3. The molecule has 0 fully saturated rings. The maximum absolute atomic E-state index is 4.32. The Morgan fingerprint density at radius 2 is 1.71 bits per heavy atom. The lowest BCUT2D eigenvalue weighted by Gasteiger charge is -2.28. The predicted molar refractivity (Wildman–Crippen MR) is 218 cm³/mol. The number of aromatic nitrogens is 1. The number of allylic oxidation sites excluding steroid dienone is 12. The summed E-state index contributed by atoms with van der Waals surface area (Å²) < 4.78 is 2.31. The second kappa shape index (κ2) is 13.7. The monoisotopic (exact) mass is 668 g/mol. The van der Waals surface area contributed by atoms with Crippen LogP contribution in [0.5, 0.6) is 0 Å². The van der Waals surface area contributed by atoms with Crippen molar-refractivity contribution in [2.75, 3.05) is 17.4 Å². The van der Waals surface area contributed by atoms with Crippen LogP contribution < -0.4 is 15.6 Å². The second-order valence-corrected chi connectivity index (χ2v) is 14.2. The Morgan fingerprint density at radius 3 is 2.47 bits per heavy atom. The van der Waals surface area contributed by atoms with Gasteiger partial charge in [-0.3, -0.25) is 4.68 Å². The molecule has 8 rings (SSSR count). The number of rotatable bonds is 8. The van der Waals surface area contributed by atoms with E-state index in [0.717, 1.165) is 19.3 Å². The highest BCUT2D eigenvalue weighted by atomic mass is 15.4. The highest BCUT2D eigenvalue weighted by Crippen LogP contribution is 2.50. The van der Waals surface area contributed by atoms with Gasteiger partial charge in [0.25, 0.3) is 0 Å². The Balaban J connectivity index is 1.21. The van der Waals surface area contributed by atoms with Gasteiger partial charge in [-0.15, -0.1) is 0 Å². The Bertz CT molecular complexity index is 2260. The smallest absolute Gasteiger partial charge is 0.0875 e. The van der Waals surface area contributed by atoms with E-state index < -0.39 is 0 Å². The lowest BCUT2D eigenvalue weighted by Crippen LogP contribution is -2.32. The Kier molecular flexibility index (Phi) is 8.77. The number of nitrogens with zero attached hydrogens (tertiary/aromatic N) is 2. The van der Waals surface area contributed by atoms with Gasteiger partial charge in [0.2, 0.25) is 0 Å². The van der Waals surface area contributed by atoms with Crippen molar-refractivity contribution < 1.29 is 0 Å². The van der Waals surface area contributed by atoms with Crippen LogP contribution in [0.1, 0.15) is 45.6 Å². The van der Waals surface area contributed by atoms with Gasteiger partial charge in [-0.05, 0) is 96.4 Å². The van der Waals surface area contributed by atoms with Crippen LogP contribution in [0.2, 0.25) is 0 Å². The summed E-state index contributed by atoms with van der Waals surface area (Å²) in [7, 11) is 2.05. The molecular formula is C47H48N4. The number of anilines is 1. The van der Waals surface area contributed by atoms with Crippen LogP contribution in [-0.2, 0) is 0 Å². The molecule has 3 aliphatic carbocycles. The molecule has 4 heteroatoms. The van der Waals surface area contributed by atoms with Gasteiger partial charge in [-0.1, -0.05) is 118 Å². The first kappa shape index (κ1) is 32.7. The maximum Gasteiger partial charge on any atom is 0.0875 e. The number of hydrogen-bond donors (Lipinski definition) is 2. The number of para-hydroxylation sites is 2. The lowest BCUT2D eigenvalue weighted by molar-refractivity contribution is 0.487. The first-order chi connectivity index (χ1) is 25.0. The SMILES string of the molecule is C=CC1=C(CC)N(c2ccccc2)C2=CC(C)=C(c3ccc4c(c3)c3ccccc3n4N[C@H]3C=CC=C/C3=C(/NC)C3C=CC=CC3)CC(C)C21. The molecule has 4 atom stereocenters. The highest BCUT2D eigenvalue weighted by molar-refractivity contribution is 6.09. The molecule has 51 heavy (non-hydrogen) atoms. The van der Waals surface area contributed by atoms with E-state index >= 15 is 0 Å². The van der Waals surface area contributed by atoms with Gasteiger partial charge in [0, 0.05) is 52.4 Å². The summed E-state index contributed by atoms with van der Waals surface area (Å²) in [5, 5.41) is 6.08. The molecule has 2 heterocycles. The van der Waals surface area contributed by atoms with Crippen LogP contribution in [0.3, 0.4) is 0 Å². The van der Waals surface area contributed by atoms with Crippen LogP contribution in [-0.4, -0.2) is 17.8 Å².